The summed E-state index contributed by atoms with van der Waals surface area (Å²) >= 11 is 0. The summed E-state index contributed by atoms with van der Waals surface area (Å²) in [6, 6.07) is 0. The summed E-state index contributed by atoms with van der Waals surface area (Å²) < 4.78 is 0. The van der Waals surface area contributed by atoms with Crippen molar-refractivity contribution >= 4 is 11.8 Å². The lowest BCUT2D eigenvalue weighted by atomic mass is 9.52. The Labute approximate surface area is 148 Å². The van der Waals surface area contributed by atoms with Gasteiger partial charge in [0.05, 0.1) is 0 Å². The van der Waals surface area contributed by atoms with E-state index in [1.54, 1.807) is 12.2 Å². The molecule has 0 spiro atoms. The van der Waals surface area contributed by atoms with Crippen LogP contribution in [-0.4, -0.2) is 28.1 Å². The first-order valence-electron chi connectivity index (χ1n) is 9.33. The van der Waals surface area contributed by atoms with Crippen LogP contribution in [0.15, 0.2) is 35.5 Å². The van der Waals surface area contributed by atoms with Gasteiger partial charge >= 0.3 is 5.97 Å². The zero-order chi connectivity index (χ0) is 18.0. The Bertz CT molecular complexity index is 730. The first kappa shape index (κ1) is 16.8. The molecule has 2 N–H and O–H groups in total. The third-order valence-electron chi connectivity index (χ3n) is 7.65. The number of aliphatic hydroxyl groups excluding tert-OH is 1. The molecule has 25 heavy (non-hydrogen) atoms. The number of aliphatic hydroxyl groups is 1. The molecule has 1 unspecified atom stereocenters. The van der Waals surface area contributed by atoms with Crippen molar-refractivity contribution in [2.75, 3.05) is 0 Å². The van der Waals surface area contributed by atoms with Crippen LogP contribution in [0.4, 0.5) is 0 Å². The molecule has 0 bridgehead atoms. The highest BCUT2D eigenvalue weighted by Crippen LogP contribution is 2.64. The van der Waals surface area contributed by atoms with E-state index in [0.29, 0.717) is 11.8 Å². The van der Waals surface area contributed by atoms with Gasteiger partial charge in [0.25, 0.3) is 0 Å². The van der Waals surface area contributed by atoms with Gasteiger partial charge in [-0.15, -0.1) is 0 Å². The molecule has 0 aromatic heterocycles. The summed E-state index contributed by atoms with van der Waals surface area (Å²) in [5, 5.41) is 19.5. The van der Waals surface area contributed by atoms with Gasteiger partial charge in [0.2, 0.25) is 0 Å². The van der Waals surface area contributed by atoms with Gasteiger partial charge in [-0.25, -0.2) is 4.79 Å². The highest BCUT2D eigenvalue weighted by Gasteiger charge is 2.57. The molecular weight excluding hydrogens is 316 g/mol. The van der Waals surface area contributed by atoms with Crippen molar-refractivity contribution < 1.29 is 19.8 Å². The highest BCUT2D eigenvalue weighted by molar-refractivity contribution is 6.01. The van der Waals surface area contributed by atoms with Crippen molar-refractivity contribution in [3.8, 4) is 0 Å². The van der Waals surface area contributed by atoms with Crippen LogP contribution >= 0.6 is 0 Å². The Morgan fingerprint density at radius 3 is 2.76 bits per heavy atom. The second-order valence-electron chi connectivity index (χ2n) is 8.70. The molecule has 0 aromatic carbocycles. The van der Waals surface area contributed by atoms with Crippen molar-refractivity contribution in [1.29, 1.82) is 0 Å². The summed E-state index contributed by atoms with van der Waals surface area (Å²) in [5.41, 5.74) is 2.30. The smallest absolute Gasteiger partial charge is 0.332 e. The first-order chi connectivity index (χ1) is 11.8. The molecule has 4 nitrogen and oxygen atoms in total. The molecule has 0 saturated heterocycles. The Morgan fingerprint density at radius 1 is 1.28 bits per heavy atom. The van der Waals surface area contributed by atoms with Gasteiger partial charge in [-0.1, -0.05) is 30.2 Å². The van der Waals surface area contributed by atoms with Gasteiger partial charge in [-0.2, -0.15) is 0 Å². The maximum absolute atomic E-state index is 11.8. The molecule has 0 heterocycles. The SMILES string of the molecule is C[C@]12C=CC(=O)C=C1CC[C@@H]1C2=CC[C@]2(C)[C@@H](C(O)C(=O)O)CC[C@@H]12. The minimum Gasteiger partial charge on any atom is -0.479 e. The fourth-order valence-corrected chi connectivity index (χ4v) is 6.25. The Hall–Kier alpha value is -1.68. The lowest BCUT2D eigenvalue weighted by molar-refractivity contribution is -0.152. The number of ketones is 1. The van der Waals surface area contributed by atoms with Crippen LogP contribution in [0.25, 0.3) is 0 Å². The van der Waals surface area contributed by atoms with Crippen LogP contribution in [0.1, 0.15) is 46.0 Å². The van der Waals surface area contributed by atoms with E-state index in [1.807, 2.05) is 0 Å². The molecule has 4 heteroatoms. The van der Waals surface area contributed by atoms with Crippen LogP contribution < -0.4 is 0 Å². The standard InChI is InChI=1S/C21H26O4/c1-20-9-7-13(22)11-12(20)3-4-14-15-5-6-17(18(23)19(24)25)21(15,2)10-8-16(14)20/h7-9,11,14-15,17-18,23H,3-6,10H2,1-2H3,(H,24,25)/t14-,15-,17+,18?,20-,21-/m0/s1. The molecule has 4 aliphatic carbocycles. The third-order valence-corrected chi connectivity index (χ3v) is 7.65. The van der Waals surface area contributed by atoms with E-state index in [1.165, 1.54) is 11.1 Å². The van der Waals surface area contributed by atoms with Gasteiger partial charge in [0.1, 0.15) is 0 Å². The van der Waals surface area contributed by atoms with Gasteiger partial charge in [-0.3, -0.25) is 4.79 Å². The highest BCUT2D eigenvalue weighted by atomic mass is 16.4. The van der Waals surface area contributed by atoms with Crippen LogP contribution in [0.2, 0.25) is 0 Å². The van der Waals surface area contributed by atoms with E-state index in [2.05, 4.69) is 26.0 Å². The summed E-state index contributed by atoms with van der Waals surface area (Å²) in [4.78, 5) is 23.1. The quantitative estimate of drug-likeness (QED) is 0.755. The van der Waals surface area contributed by atoms with E-state index < -0.39 is 12.1 Å². The van der Waals surface area contributed by atoms with E-state index in [0.717, 1.165) is 32.1 Å². The molecular formula is C21H26O4. The number of fused-ring (bicyclic) bond motifs is 5. The zero-order valence-electron chi connectivity index (χ0n) is 14.9. The molecule has 0 aromatic rings. The average molecular weight is 342 g/mol. The molecule has 2 saturated carbocycles. The predicted molar refractivity (Wildman–Crippen MR) is 93.7 cm³/mol. The second-order valence-corrected chi connectivity index (χ2v) is 8.70. The van der Waals surface area contributed by atoms with Crippen molar-refractivity contribution in [2.45, 2.75) is 52.1 Å². The average Bonchev–Trinajstić information content (AvgIpc) is 2.92. The lowest BCUT2D eigenvalue weighted by Gasteiger charge is -2.52. The normalized spacial score (nSPS) is 43.5. The molecule has 4 rings (SSSR count). The topological polar surface area (TPSA) is 74.6 Å². The van der Waals surface area contributed by atoms with Gasteiger partial charge in [0.15, 0.2) is 11.9 Å². The van der Waals surface area contributed by atoms with Crippen LogP contribution in [0.3, 0.4) is 0 Å². The summed E-state index contributed by atoms with van der Waals surface area (Å²) in [6.07, 6.45) is 11.1. The van der Waals surface area contributed by atoms with Crippen LogP contribution in [0.5, 0.6) is 0 Å². The molecule has 6 atom stereocenters. The third kappa shape index (κ3) is 2.23. The van der Waals surface area contributed by atoms with E-state index in [4.69, 9.17) is 0 Å². The number of carboxylic acids is 1. The van der Waals surface area contributed by atoms with Gasteiger partial charge in [0, 0.05) is 11.3 Å². The summed E-state index contributed by atoms with van der Waals surface area (Å²) in [5.74, 6) is -0.365. The number of allylic oxidation sites excluding steroid dienone is 6. The number of hydrogen-bond acceptors (Lipinski definition) is 3. The second kappa shape index (κ2) is 5.41. The lowest BCUT2D eigenvalue weighted by Crippen LogP contribution is -2.46. The first-order valence-corrected chi connectivity index (χ1v) is 9.33. The summed E-state index contributed by atoms with van der Waals surface area (Å²) in [7, 11) is 0. The number of carboxylic acid groups (broad SMARTS) is 1. The largest absolute Gasteiger partial charge is 0.479 e. The van der Waals surface area contributed by atoms with Crippen LogP contribution in [-0.2, 0) is 9.59 Å². The number of carbonyl (C=O) groups excluding carboxylic acids is 1. The monoisotopic (exact) mass is 342 g/mol. The van der Waals surface area contributed by atoms with E-state index in [-0.39, 0.29) is 22.5 Å². The fraction of sp³-hybridized carbons (Fsp3) is 0.619. The minimum atomic E-state index is -1.27. The maximum atomic E-state index is 11.8. The fourth-order valence-electron chi connectivity index (χ4n) is 6.25. The predicted octanol–water partition coefficient (Wildman–Crippen LogP) is 3.28. The number of carbonyl (C=O) groups is 2. The maximum Gasteiger partial charge on any atom is 0.332 e. The van der Waals surface area contributed by atoms with Crippen molar-refractivity contribution in [3.05, 3.63) is 35.5 Å². The van der Waals surface area contributed by atoms with E-state index in [9.17, 15) is 19.8 Å². The molecule has 4 aliphatic rings. The number of rotatable bonds is 2. The zero-order valence-corrected chi connectivity index (χ0v) is 14.9. The molecule has 0 radical (unpaired) electrons. The number of hydrogen-bond donors (Lipinski definition) is 2. The summed E-state index contributed by atoms with van der Waals surface area (Å²) in [6.45, 7) is 4.38. The molecule has 2 fully saturated rings. The Balaban J connectivity index is 1.72. The Morgan fingerprint density at radius 2 is 2.04 bits per heavy atom. The Kier molecular flexibility index (Phi) is 3.63. The van der Waals surface area contributed by atoms with Gasteiger partial charge in [-0.05, 0) is 68.4 Å². The minimum absolute atomic E-state index is 0.0812. The van der Waals surface area contributed by atoms with Crippen molar-refractivity contribution in [2.24, 2.45) is 28.6 Å². The van der Waals surface area contributed by atoms with Crippen molar-refractivity contribution in [1.82, 2.24) is 0 Å². The molecule has 134 valence electrons. The van der Waals surface area contributed by atoms with Crippen LogP contribution in [0, 0.1) is 28.6 Å². The molecule has 0 aliphatic heterocycles. The van der Waals surface area contributed by atoms with Crippen molar-refractivity contribution in [3.63, 3.8) is 0 Å². The van der Waals surface area contributed by atoms with Gasteiger partial charge < -0.3 is 10.2 Å². The number of aliphatic carboxylic acids is 1. The van der Waals surface area contributed by atoms with E-state index >= 15 is 0 Å². The molecule has 0 amide bonds.